The van der Waals surface area contributed by atoms with E-state index in [0.717, 1.165) is 17.8 Å². The molecule has 0 bridgehead atoms. The van der Waals surface area contributed by atoms with Gasteiger partial charge in [0.2, 0.25) is 5.91 Å². The minimum atomic E-state index is -4.23. The molecule has 0 saturated carbocycles. The molecular weight excluding hydrogens is 853 g/mol. The number of ketones is 1. The summed E-state index contributed by atoms with van der Waals surface area (Å²) in [6.45, 7) is 1.51. The Labute approximate surface area is 351 Å². The van der Waals surface area contributed by atoms with E-state index >= 15 is 0 Å². The summed E-state index contributed by atoms with van der Waals surface area (Å²) in [6.07, 6.45) is 8.62. The number of nitrogens with zero attached hydrogens (tertiary/aromatic N) is 3. The Bertz CT molecular complexity index is 2050. The van der Waals surface area contributed by atoms with Crippen LogP contribution in [0.5, 0.6) is 0 Å². The molecule has 2 aliphatic carbocycles. The molecule has 4 rings (SSSR count). The summed E-state index contributed by atoms with van der Waals surface area (Å²) in [4.78, 5) is 68.3. The van der Waals surface area contributed by atoms with Crippen molar-refractivity contribution >= 4 is 78.7 Å². The molecule has 5 N–H and O–H groups in total. The van der Waals surface area contributed by atoms with Crippen molar-refractivity contribution < 1.29 is 79.1 Å². The molecule has 1 heterocycles. The van der Waals surface area contributed by atoms with Gasteiger partial charge < -0.3 is 20.2 Å². The normalized spacial score (nSPS) is 17.9. The number of aliphatic hydroxyl groups excluding tert-OH is 1. The summed E-state index contributed by atoms with van der Waals surface area (Å²) < 4.78 is 69.0. The van der Waals surface area contributed by atoms with E-state index in [4.69, 9.17) is 14.6 Å². The summed E-state index contributed by atoms with van der Waals surface area (Å²) in [5.74, 6) is -4.37. The largest absolute Gasteiger partial charge is 0.511 e. The van der Waals surface area contributed by atoms with Crippen LogP contribution in [0.4, 0.5) is 5.69 Å². The first-order valence-corrected chi connectivity index (χ1v) is 23.2. The number of hydrogen-bond donors (Lipinski definition) is 5. The molecule has 3 aliphatic rings. The van der Waals surface area contributed by atoms with E-state index in [2.05, 4.69) is 14.7 Å². The lowest BCUT2D eigenvalue weighted by Crippen LogP contribution is -2.36. The molecule has 1 fully saturated rings. The zero-order valence-corrected chi connectivity index (χ0v) is 35.0. The Morgan fingerprint density at radius 2 is 1.48 bits per heavy atom. The van der Waals surface area contributed by atoms with Crippen LogP contribution in [0, 0.1) is 11.8 Å². The number of benzene rings is 1. The van der Waals surface area contributed by atoms with Crippen molar-refractivity contribution in [3.05, 3.63) is 59.9 Å². The van der Waals surface area contributed by atoms with E-state index in [1.54, 1.807) is 29.2 Å². The van der Waals surface area contributed by atoms with Gasteiger partial charge in [-0.05, 0) is 37.0 Å². The zero-order valence-electron chi connectivity index (χ0n) is 32.5. The number of Topliss-reactive ketones (excluding diaryl/α,β-unsaturated/α-hetero) is 1. The molecule has 1 unspecified atom stereocenters. The van der Waals surface area contributed by atoms with E-state index in [1.807, 2.05) is 28.9 Å². The van der Waals surface area contributed by atoms with Crippen LogP contribution < -0.4 is 10.2 Å². The van der Waals surface area contributed by atoms with Crippen molar-refractivity contribution in [2.75, 3.05) is 54.9 Å². The summed E-state index contributed by atoms with van der Waals surface area (Å²) >= 11 is 0.907. The van der Waals surface area contributed by atoms with Gasteiger partial charge in [-0.25, -0.2) is 14.6 Å². The SMILES string of the molecule is O=C(CCC[N+](CCCSOOO)=C1C=CC(C2C(=O)C(c3ccc(N(CCCC(=O)ON4C(=O)CCC4=O)CCCS(=O)(=O)O)cc3)=C2O)C=C1)NCCCS(=O)(=O)O. The highest BCUT2D eigenvalue weighted by Gasteiger charge is 2.44. The van der Waals surface area contributed by atoms with Crippen LogP contribution >= 0.6 is 12.0 Å². The van der Waals surface area contributed by atoms with Crippen molar-refractivity contribution in [2.24, 2.45) is 11.8 Å². The number of hydrogen-bond acceptors (Lipinski definition) is 16. The number of aliphatic hydroxyl groups is 1. The van der Waals surface area contributed by atoms with Gasteiger partial charge in [-0.1, -0.05) is 29.3 Å². The van der Waals surface area contributed by atoms with Gasteiger partial charge in [0.15, 0.2) is 11.5 Å². The molecule has 1 aliphatic heterocycles. The molecule has 330 valence electrons. The molecule has 20 nitrogen and oxygen atoms in total. The van der Waals surface area contributed by atoms with Crippen LogP contribution in [0.2, 0.25) is 0 Å². The van der Waals surface area contributed by atoms with Crippen molar-refractivity contribution in [3.63, 3.8) is 0 Å². The van der Waals surface area contributed by atoms with Gasteiger partial charge >= 0.3 is 5.97 Å². The number of imide groups is 1. The Hall–Kier alpha value is -4.49. The highest BCUT2D eigenvalue weighted by Crippen LogP contribution is 2.42. The fourth-order valence-electron chi connectivity index (χ4n) is 6.71. The summed E-state index contributed by atoms with van der Waals surface area (Å²) in [6, 6.07) is 6.62. The number of hydroxylamine groups is 2. The summed E-state index contributed by atoms with van der Waals surface area (Å²) in [7, 11) is -8.34. The second-order valence-corrected chi connectivity index (χ2v) is 18.0. The molecular formula is C37H49N4O16S3+. The zero-order chi connectivity index (χ0) is 43.9. The van der Waals surface area contributed by atoms with Gasteiger partial charge in [0.25, 0.3) is 32.1 Å². The monoisotopic (exact) mass is 901 g/mol. The van der Waals surface area contributed by atoms with Crippen molar-refractivity contribution in [1.29, 1.82) is 0 Å². The minimum absolute atomic E-state index is 0.0396. The van der Waals surface area contributed by atoms with Gasteiger partial charge in [-0.3, -0.25) is 28.3 Å². The third kappa shape index (κ3) is 15.2. The molecule has 1 aromatic carbocycles. The van der Waals surface area contributed by atoms with E-state index in [1.165, 1.54) is 0 Å². The van der Waals surface area contributed by atoms with E-state index < -0.39 is 61.4 Å². The second kappa shape index (κ2) is 22.9. The molecule has 0 spiro atoms. The first-order valence-electron chi connectivity index (χ1n) is 19.1. The number of anilines is 1. The fraction of sp³-hybridized carbons (Fsp3) is 0.514. The number of rotatable bonds is 26. The molecule has 60 heavy (non-hydrogen) atoms. The predicted octanol–water partition coefficient (Wildman–Crippen LogP) is 2.46. The van der Waals surface area contributed by atoms with Crippen molar-refractivity contribution in [3.8, 4) is 0 Å². The third-order valence-electron chi connectivity index (χ3n) is 9.63. The maximum absolute atomic E-state index is 13.5. The Morgan fingerprint density at radius 1 is 0.867 bits per heavy atom. The van der Waals surface area contributed by atoms with Gasteiger partial charge in [0.05, 0.1) is 23.0 Å². The van der Waals surface area contributed by atoms with Crippen LogP contribution in [0.1, 0.15) is 63.4 Å². The molecule has 1 atom stereocenters. The average molecular weight is 902 g/mol. The second-order valence-electron chi connectivity index (χ2n) is 14.0. The third-order valence-corrected chi connectivity index (χ3v) is 11.9. The van der Waals surface area contributed by atoms with E-state index in [9.17, 15) is 50.5 Å². The molecule has 1 saturated heterocycles. The summed E-state index contributed by atoms with van der Waals surface area (Å²) in [5, 5.41) is 26.2. The number of allylic oxidation sites excluding steroid dienone is 6. The predicted molar refractivity (Wildman–Crippen MR) is 216 cm³/mol. The lowest BCUT2D eigenvalue weighted by molar-refractivity contribution is -0.526. The molecule has 1 aromatic rings. The lowest BCUT2D eigenvalue weighted by atomic mass is 9.71. The quantitative estimate of drug-likeness (QED) is 0.0170. The maximum Gasteiger partial charge on any atom is 0.333 e. The standard InChI is InChI=1S/C37H48N4O16S3/c42-30(38-18-3-24-59(49,50)51)6-1-19-39(21-4-23-58-57-56-48)28-12-8-26(9-13-28)34-36(46)35(37(34)47)27-10-14-29(15-11-27)40(22-5-25-60(52,53)54)20-2-7-33(45)55-41-31(43)16-17-32(41)44/h8-15,26,34H,1-7,16-25H2,(H4-,38,42,46,48,49,50,51,52,53,54)/p+1. The van der Waals surface area contributed by atoms with Gasteiger partial charge in [0.1, 0.15) is 18.8 Å². The Kier molecular flexibility index (Phi) is 18.4. The van der Waals surface area contributed by atoms with Gasteiger partial charge in [-0.15, -0.1) is 9.40 Å². The average Bonchev–Trinajstić information content (AvgIpc) is 3.50. The number of carbonyl (C=O) groups is 5. The molecule has 3 amide bonds. The van der Waals surface area contributed by atoms with E-state index in [-0.39, 0.29) is 87.6 Å². The molecule has 23 heteroatoms. The topological polar surface area (TPSA) is 284 Å². The van der Waals surface area contributed by atoms with Gasteiger partial charge in [-0.2, -0.15) is 16.8 Å². The van der Waals surface area contributed by atoms with Crippen molar-refractivity contribution in [1.82, 2.24) is 10.4 Å². The van der Waals surface area contributed by atoms with Crippen LogP contribution in [0.3, 0.4) is 0 Å². The molecule has 0 aromatic heterocycles. The van der Waals surface area contributed by atoms with Crippen LogP contribution in [0.25, 0.3) is 5.57 Å². The molecule has 0 radical (unpaired) electrons. The van der Waals surface area contributed by atoms with Crippen LogP contribution in [-0.2, 0) is 58.4 Å². The number of carbonyl (C=O) groups excluding carboxylic acids is 5. The highest BCUT2D eigenvalue weighted by atomic mass is 32.2. The number of amides is 3. The fourth-order valence-corrected chi connectivity index (χ4v) is 8.07. The lowest BCUT2D eigenvalue weighted by Gasteiger charge is -2.32. The number of nitrogens with one attached hydrogen (secondary N) is 1. The highest BCUT2D eigenvalue weighted by molar-refractivity contribution is 7.94. The van der Waals surface area contributed by atoms with Crippen LogP contribution in [0.15, 0.2) is 54.3 Å². The van der Waals surface area contributed by atoms with Crippen molar-refractivity contribution in [2.45, 2.75) is 57.8 Å². The maximum atomic E-state index is 13.5. The first kappa shape index (κ1) is 48.2. The van der Waals surface area contributed by atoms with Gasteiger partial charge in [0, 0.05) is 99.7 Å². The minimum Gasteiger partial charge on any atom is -0.511 e. The van der Waals surface area contributed by atoms with E-state index in [0.29, 0.717) is 48.0 Å². The Balaban J connectivity index is 1.38. The van der Waals surface area contributed by atoms with Crippen LogP contribution in [-0.4, -0.2) is 131 Å². The smallest absolute Gasteiger partial charge is 0.333 e. The summed E-state index contributed by atoms with van der Waals surface area (Å²) in [5.41, 5.74) is 2.01. The first-order chi connectivity index (χ1) is 28.5. The Morgan fingerprint density at radius 3 is 2.10 bits per heavy atom.